The van der Waals surface area contributed by atoms with Crippen molar-refractivity contribution in [2.45, 2.75) is 16.7 Å². The van der Waals surface area contributed by atoms with Crippen LogP contribution in [0.1, 0.15) is 5.56 Å². The smallest absolute Gasteiger partial charge is 0.315 e. The van der Waals surface area contributed by atoms with E-state index in [4.69, 9.17) is 8.74 Å². The molecule has 0 amide bonds. The predicted molar refractivity (Wildman–Crippen MR) is 120 cm³/mol. The van der Waals surface area contributed by atoms with Crippen LogP contribution in [0.4, 0.5) is 27.7 Å². The maximum atomic E-state index is 13.9. The zero-order valence-corrected chi connectivity index (χ0v) is 19.0. The Bertz CT molecular complexity index is 1140. The fraction of sp³-hybridized carbons (Fsp3) is 0.167. The number of halogens is 1. The molecule has 0 radical (unpaired) electrons. The van der Waals surface area contributed by atoms with Crippen molar-refractivity contribution in [2.24, 2.45) is 0 Å². The Balaban J connectivity index is 1.70. The summed E-state index contributed by atoms with van der Waals surface area (Å²) in [5, 5.41) is 5.68. The van der Waals surface area contributed by atoms with Crippen LogP contribution >= 0.6 is 12.3 Å². The Kier molecular flexibility index (Phi) is 8.60. The lowest BCUT2D eigenvalue weighted by Crippen LogP contribution is -2.07. The summed E-state index contributed by atoms with van der Waals surface area (Å²) < 4.78 is 59.7. The highest BCUT2D eigenvalue weighted by Crippen LogP contribution is 2.21. The highest BCUT2D eigenvalue weighted by atomic mass is 32.2. The molecule has 2 aromatic carbocycles. The van der Waals surface area contributed by atoms with Crippen LogP contribution in [0.5, 0.6) is 0 Å². The van der Waals surface area contributed by atoms with Crippen LogP contribution in [0.3, 0.4) is 0 Å². The summed E-state index contributed by atoms with van der Waals surface area (Å²) >= 11 is -1.88. The van der Waals surface area contributed by atoms with Crippen LogP contribution in [0, 0.1) is 13.0 Å². The lowest BCUT2D eigenvalue weighted by Gasteiger charge is -2.10. The van der Waals surface area contributed by atoms with Crippen molar-refractivity contribution >= 4 is 57.5 Å². The molecule has 0 bridgehead atoms. The fourth-order valence-electron chi connectivity index (χ4n) is 2.60. The van der Waals surface area contributed by atoms with Crippen LogP contribution in [-0.2, 0) is 26.1 Å². The zero-order chi connectivity index (χ0) is 23.1. The SMILES string of the molecule is Cc1cc(Nc2nc(F)nc(Nc3ccc(S(=O)CCOSO)cc3)n2)ccc1S(=O)O. The van der Waals surface area contributed by atoms with E-state index < -0.39 is 28.0 Å². The number of nitrogens with zero attached hydrogens (tertiary/aromatic N) is 3. The molecule has 1 aromatic heterocycles. The minimum absolute atomic E-state index is 0.0490. The lowest BCUT2D eigenvalue weighted by molar-refractivity contribution is 0.369. The molecule has 3 aromatic rings. The summed E-state index contributed by atoms with van der Waals surface area (Å²) in [5.74, 6) is 0.117. The summed E-state index contributed by atoms with van der Waals surface area (Å²) in [4.78, 5) is 12.2. The van der Waals surface area contributed by atoms with Gasteiger partial charge in [-0.1, -0.05) is 0 Å². The normalized spacial score (nSPS) is 12.9. The van der Waals surface area contributed by atoms with Gasteiger partial charge >= 0.3 is 6.08 Å². The third kappa shape index (κ3) is 6.75. The molecule has 3 rings (SSSR count). The maximum absolute atomic E-state index is 13.9. The number of aromatic nitrogens is 3. The van der Waals surface area contributed by atoms with Gasteiger partial charge in [0.2, 0.25) is 11.9 Å². The third-order valence-corrected chi connectivity index (χ3v) is 6.45. The first-order valence-corrected chi connectivity index (χ1v) is 12.1. The van der Waals surface area contributed by atoms with Gasteiger partial charge in [0.05, 0.1) is 28.1 Å². The molecule has 2 unspecified atom stereocenters. The largest absolute Gasteiger partial charge is 0.324 e. The standard InChI is InChI=1S/C18H18FN5O5S3/c1-11-10-13(4-7-15(11)32(27)28)21-18-23-16(19)22-17(24-18)20-12-2-5-14(6-3-12)31(26)9-8-29-30-25/h2-7,10,25H,8-9H2,1H3,(H,27,28)(H2,20,21,22,23,24). The molecule has 170 valence electrons. The van der Waals surface area contributed by atoms with Crippen LogP contribution < -0.4 is 10.6 Å². The van der Waals surface area contributed by atoms with E-state index in [1.165, 1.54) is 6.07 Å². The van der Waals surface area contributed by atoms with Gasteiger partial charge in [0, 0.05) is 16.3 Å². The maximum Gasteiger partial charge on any atom is 0.315 e. The summed E-state index contributed by atoms with van der Waals surface area (Å²) in [7, 11) is -1.30. The first-order valence-electron chi connectivity index (χ1n) is 8.94. The van der Waals surface area contributed by atoms with E-state index in [-0.39, 0.29) is 41.5 Å². The number of hydrogen-bond acceptors (Lipinski definition) is 10. The molecule has 0 aliphatic heterocycles. The summed E-state index contributed by atoms with van der Waals surface area (Å²) in [6, 6.07) is 11.2. The molecule has 14 heteroatoms. The van der Waals surface area contributed by atoms with Gasteiger partial charge in [-0.15, -0.1) is 0 Å². The predicted octanol–water partition coefficient (Wildman–Crippen LogP) is 3.63. The summed E-state index contributed by atoms with van der Waals surface area (Å²) in [6.07, 6.45) is -1.01. The number of hydrogen-bond donors (Lipinski definition) is 4. The summed E-state index contributed by atoms with van der Waals surface area (Å²) in [6.45, 7) is 1.80. The molecular formula is C18H18FN5O5S3. The van der Waals surface area contributed by atoms with Crippen LogP contribution in [0.2, 0.25) is 0 Å². The quantitative estimate of drug-likeness (QED) is 0.184. The van der Waals surface area contributed by atoms with Gasteiger partial charge in [0.1, 0.15) is 0 Å². The Hall–Kier alpha value is -2.49. The van der Waals surface area contributed by atoms with Gasteiger partial charge in [-0.25, -0.2) is 4.21 Å². The van der Waals surface area contributed by atoms with E-state index in [1.54, 1.807) is 43.3 Å². The van der Waals surface area contributed by atoms with Crippen molar-refractivity contribution in [3.05, 3.63) is 54.1 Å². The molecule has 0 aliphatic rings. The van der Waals surface area contributed by atoms with Crippen molar-refractivity contribution in [3.8, 4) is 0 Å². The van der Waals surface area contributed by atoms with Crippen molar-refractivity contribution < 1.29 is 26.1 Å². The molecule has 4 N–H and O–H groups in total. The topological polar surface area (TPSA) is 147 Å². The highest BCUT2D eigenvalue weighted by molar-refractivity contribution is 7.89. The van der Waals surface area contributed by atoms with E-state index in [0.717, 1.165) is 0 Å². The van der Waals surface area contributed by atoms with Gasteiger partial charge in [0.25, 0.3) is 0 Å². The third-order valence-electron chi connectivity index (χ3n) is 4.01. The van der Waals surface area contributed by atoms with Gasteiger partial charge < -0.3 is 19.7 Å². The van der Waals surface area contributed by atoms with Gasteiger partial charge in [0.15, 0.2) is 23.4 Å². The van der Waals surface area contributed by atoms with E-state index in [1.807, 2.05) is 0 Å². The molecule has 1 heterocycles. The van der Waals surface area contributed by atoms with Crippen LogP contribution in [0.15, 0.2) is 52.3 Å². The number of benzene rings is 2. The van der Waals surface area contributed by atoms with Crippen molar-refractivity contribution in [3.63, 3.8) is 0 Å². The molecule has 0 saturated heterocycles. The molecular weight excluding hydrogens is 481 g/mol. The molecule has 10 nitrogen and oxygen atoms in total. The number of rotatable bonds is 10. The number of nitrogens with one attached hydrogen (secondary N) is 2. The second kappa shape index (κ2) is 11.4. The first kappa shape index (κ1) is 24.2. The Morgan fingerprint density at radius 2 is 1.66 bits per heavy atom. The average molecular weight is 500 g/mol. The Morgan fingerprint density at radius 3 is 2.25 bits per heavy atom. The van der Waals surface area contributed by atoms with Gasteiger partial charge in [-0.05, 0) is 55.0 Å². The molecule has 32 heavy (non-hydrogen) atoms. The van der Waals surface area contributed by atoms with Gasteiger partial charge in [-0.2, -0.15) is 19.3 Å². The fourth-order valence-corrected chi connectivity index (χ4v) is 4.29. The summed E-state index contributed by atoms with van der Waals surface area (Å²) in [5.41, 5.74) is 1.61. The van der Waals surface area contributed by atoms with Crippen molar-refractivity contribution in [2.75, 3.05) is 23.0 Å². The minimum atomic E-state index is -2.11. The Labute approximate surface area is 192 Å². The van der Waals surface area contributed by atoms with E-state index in [2.05, 4.69) is 25.6 Å². The van der Waals surface area contributed by atoms with Crippen molar-refractivity contribution in [1.29, 1.82) is 0 Å². The minimum Gasteiger partial charge on any atom is -0.324 e. The van der Waals surface area contributed by atoms with Crippen LogP contribution in [0.25, 0.3) is 0 Å². The number of anilines is 4. The van der Waals surface area contributed by atoms with E-state index in [0.29, 0.717) is 21.8 Å². The molecule has 0 aliphatic carbocycles. The Morgan fingerprint density at radius 1 is 1.03 bits per heavy atom. The molecule has 2 atom stereocenters. The van der Waals surface area contributed by atoms with Crippen LogP contribution in [-0.4, -0.2) is 44.8 Å². The lowest BCUT2D eigenvalue weighted by atomic mass is 10.2. The second-order valence-electron chi connectivity index (χ2n) is 6.20. The number of aryl methyl sites for hydroxylation is 1. The highest BCUT2D eigenvalue weighted by Gasteiger charge is 2.10. The average Bonchev–Trinajstić information content (AvgIpc) is 2.73. The molecule has 0 fully saturated rings. The second-order valence-corrected chi connectivity index (χ2v) is 9.10. The first-order chi connectivity index (χ1) is 15.4. The van der Waals surface area contributed by atoms with E-state index >= 15 is 0 Å². The van der Waals surface area contributed by atoms with Crippen molar-refractivity contribution in [1.82, 2.24) is 15.0 Å². The monoisotopic (exact) mass is 499 g/mol. The molecule has 0 spiro atoms. The van der Waals surface area contributed by atoms with Gasteiger partial charge in [-0.3, -0.25) is 8.39 Å². The zero-order valence-electron chi connectivity index (χ0n) is 16.5. The molecule has 0 saturated carbocycles. The van der Waals surface area contributed by atoms with E-state index in [9.17, 15) is 17.4 Å².